The summed E-state index contributed by atoms with van der Waals surface area (Å²) in [6, 6.07) is 8.14. The van der Waals surface area contributed by atoms with Crippen LogP contribution in [0.4, 0.5) is 5.69 Å². The number of nitrogens with zero attached hydrogens (tertiary/aromatic N) is 2. The molecule has 1 aliphatic rings. The molecule has 0 unspecified atom stereocenters. The molecule has 1 aromatic carbocycles. The Bertz CT molecular complexity index is 748. The highest BCUT2D eigenvalue weighted by Crippen LogP contribution is 2.30. The van der Waals surface area contributed by atoms with Crippen LogP contribution in [0.25, 0.3) is 10.9 Å². The van der Waals surface area contributed by atoms with Crippen molar-refractivity contribution in [3.8, 4) is 0 Å². The molecule has 0 radical (unpaired) electrons. The lowest BCUT2D eigenvalue weighted by molar-refractivity contribution is -0.117. The van der Waals surface area contributed by atoms with Gasteiger partial charge in [-0.3, -0.25) is 14.7 Å². The van der Waals surface area contributed by atoms with Gasteiger partial charge in [0.25, 0.3) is 0 Å². The van der Waals surface area contributed by atoms with Crippen molar-refractivity contribution >= 4 is 22.5 Å². The lowest BCUT2D eigenvalue weighted by Crippen LogP contribution is -2.34. The van der Waals surface area contributed by atoms with Crippen LogP contribution in [0.3, 0.4) is 0 Å². The number of hydrogen-bond acceptors (Lipinski definition) is 3. The Morgan fingerprint density at radius 1 is 1.12 bits per heavy atom. The molecule has 0 saturated carbocycles. The first kappa shape index (κ1) is 18.8. The summed E-state index contributed by atoms with van der Waals surface area (Å²) in [5, 5.41) is 4.30. The Morgan fingerprint density at radius 2 is 1.85 bits per heavy atom. The highest BCUT2D eigenvalue weighted by Gasteiger charge is 2.18. The second kappa shape index (κ2) is 9.13. The summed E-state index contributed by atoms with van der Waals surface area (Å²) < 4.78 is 0. The zero-order valence-electron chi connectivity index (χ0n) is 16.2. The van der Waals surface area contributed by atoms with E-state index in [-0.39, 0.29) is 5.91 Å². The molecule has 1 amide bonds. The fraction of sp³-hybridized carbons (Fsp3) is 0.545. The third kappa shape index (κ3) is 4.42. The molecule has 0 bridgehead atoms. The second-order valence-corrected chi connectivity index (χ2v) is 7.27. The molecule has 0 atom stereocenters. The van der Waals surface area contributed by atoms with Crippen LogP contribution in [0.15, 0.2) is 24.3 Å². The predicted octanol–water partition coefficient (Wildman–Crippen LogP) is 4.56. The summed E-state index contributed by atoms with van der Waals surface area (Å²) in [7, 11) is 0. The summed E-state index contributed by atoms with van der Waals surface area (Å²) in [6.07, 6.45) is 7.86. The molecule has 1 N–H and O–H groups in total. The van der Waals surface area contributed by atoms with Gasteiger partial charge >= 0.3 is 0 Å². The van der Waals surface area contributed by atoms with Crippen molar-refractivity contribution in [3.05, 3.63) is 35.5 Å². The minimum Gasteiger partial charge on any atom is -0.324 e. The van der Waals surface area contributed by atoms with Gasteiger partial charge in [0.15, 0.2) is 0 Å². The van der Waals surface area contributed by atoms with Gasteiger partial charge in [0, 0.05) is 11.1 Å². The lowest BCUT2D eigenvalue weighted by Gasteiger charge is -2.21. The van der Waals surface area contributed by atoms with Gasteiger partial charge in [-0.1, -0.05) is 51.3 Å². The third-order valence-corrected chi connectivity index (χ3v) is 5.25. The first-order valence-electron chi connectivity index (χ1n) is 10.2. The first-order valence-corrected chi connectivity index (χ1v) is 10.2. The fourth-order valence-electron chi connectivity index (χ4n) is 3.95. The zero-order chi connectivity index (χ0) is 18.4. The van der Waals surface area contributed by atoms with Crippen molar-refractivity contribution in [1.29, 1.82) is 0 Å². The monoisotopic (exact) mass is 353 g/mol. The number of aromatic nitrogens is 1. The molecule has 4 nitrogen and oxygen atoms in total. The maximum absolute atomic E-state index is 12.8. The molecule has 1 saturated heterocycles. The molecule has 1 fully saturated rings. The van der Waals surface area contributed by atoms with Crippen LogP contribution in [0.2, 0.25) is 0 Å². The van der Waals surface area contributed by atoms with Crippen LogP contribution >= 0.6 is 0 Å². The van der Waals surface area contributed by atoms with Gasteiger partial charge in [-0.25, -0.2) is 0 Å². The van der Waals surface area contributed by atoms with Gasteiger partial charge < -0.3 is 5.32 Å². The standard InChI is InChI=1S/C22H31N3O/c1-3-11-19-17(4-2)22(18-12-7-8-13-20(18)23-19)24-21(26)16-25-14-9-5-6-10-15-25/h7-8,12-13H,3-6,9-11,14-16H2,1-2H3,(H,23,24,26). The van der Waals surface area contributed by atoms with E-state index in [1.54, 1.807) is 0 Å². The molecule has 0 aliphatic carbocycles. The maximum Gasteiger partial charge on any atom is 0.238 e. The van der Waals surface area contributed by atoms with E-state index in [1.165, 1.54) is 31.2 Å². The number of pyridine rings is 1. The number of carbonyl (C=O) groups is 1. The van der Waals surface area contributed by atoms with Gasteiger partial charge in [0.2, 0.25) is 5.91 Å². The van der Waals surface area contributed by atoms with Gasteiger partial charge in [-0.15, -0.1) is 0 Å². The van der Waals surface area contributed by atoms with Crippen molar-refractivity contribution in [2.75, 3.05) is 25.0 Å². The molecular weight excluding hydrogens is 322 g/mol. The predicted molar refractivity (Wildman–Crippen MR) is 109 cm³/mol. The summed E-state index contributed by atoms with van der Waals surface area (Å²) in [4.78, 5) is 20.0. The molecule has 26 heavy (non-hydrogen) atoms. The van der Waals surface area contributed by atoms with Crippen molar-refractivity contribution < 1.29 is 4.79 Å². The maximum atomic E-state index is 12.8. The van der Waals surface area contributed by atoms with E-state index in [0.29, 0.717) is 6.54 Å². The number of fused-ring (bicyclic) bond motifs is 1. The van der Waals surface area contributed by atoms with Crippen LogP contribution in [-0.4, -0.2) is 35.4 Å². The summed E-state index contributed by atoms with van der Waals surface area (Å²) in [5.41, 5.74) is 4.26. The molecule has 3 rings (SSSR count). The largest absolute Gasteiger partial charge is 0.324 e. The number of amides is 1. The Morgan fingerprint density at radius 3 is 2.54 bits per heavy atom. The van der Waals surface area contributed by atoms with Crippen LogP contribution in [0, 0.1) is 0 Å². The van der Waals surface area contributed by atoms with Crippen LogP contribution < -0.4 is 5.32 Å². The Labute approximate surface area is 157 Å². The van der Waals surface area contributed by atoms with E-state index < -0.39 is 0 Å². The van der Waals surface area contributed by atoms with E-state index in [9.17, 15) is 4.79 Å². The number of para-hydroxylation sites is 1. The van der Waals surface area contributed by atoms with E-state index in [2.05, 4.69) is 30.1 Å². The second-order valence-electron chi connectivity index (χ2n) is 7.27. The van der Waals surface area contributed by atoms with E-state index >= 15 is 0 Å². The molecule has 4 heteroatoms. The SMILES string of the molecule is CCCc1nc2ccccc2c(NC(=O)CN2CCCCCC2)c1CC. The van der Waals surface area contributed by atoms with Crippen molar-refractivity contribution in [2.24, 2.45) is 0 Å². The Balaban J connectivity index is 1.88. The van der Waals surface area contributed by atoms with Crippen molar-refractivity contribution in [2.45, 2.75) is 58.8 Å². The number of nitrogens with one attached hydrogen (secondary N) is 1. The molecule has 2 heterocycles. The van der Waals surface area contributed by atoms with Crippen LogP contribution in [0.5, 0.6) is 0 Å². The molecule has 0 spiro atoms. The number of rotatable bonds is 6. The van der Waals surface area contributed by atoms with E-state index in [0.717, 1.165) is 54.6 Å². The van der Waals surface area contributed by atoms with Gasteiger partial charge in [0.05, 0.1) is 17.7 Å². The third-order valence-electron chi connectivity index (χ3n) is 5.25. The molecular formula is C22H31N3O. The van der Waals surface area contributed by atoms with E-state index in [4.69, 9.17) is 4.98 Å². The highest BCUT2D eigenvalue weighted by atomic mass is 16.2. The molecule has 140 valence electrons. The minimum atomic E-state index is 0.0976. The van der Waals surface area contributed by atoms with Crippen molar-refractivity contribution in [1.82, 2.24) is 9.88 Å². The average molecular weight is 354 g/mol. The topological polar surface area (TPSA) is 45.2 Å². The number of aryl methyl sites for hydroxylation is 1. The van der Waals surface area contributed by atoms with Crippen molar-refractivity contribution in [3.63, 3.8) is 0 Å². The number of anilines is 1. The number of carbonyl (C=O) groups excluding carboxylic acids is 1. The molecule has 1 aromatic heterocycles. The normalized spacial score (nSPS) is 15.8. The van der Waals surface area contributed by atoms with Gasteiger partial charge in [-0.05, 0) is 50.4 Å². The van der Waals surface area contributed by atoms with E-state index in [1.807, 2.05) is 18.2 Å². The first-order chi connectivity index (χ1) is 12.7. The number of benzene rings is 1. The van der Waals surface area contributed by atoms with Crippen LogP contribution in [-0.2, 0) is 17.6 Å². The highest BCUT2D eigenvalue weighted by molar-refractivity contribution is 6.03. The summed E-state index contributed by atoms with van der Waals surface area (Å²) in [6.45, 7) is 6.88. The Kier molecular flexibility index (Phi) is 6.62. The number of likely N-dealkylation sites (tertiary alicyclic amines) is 1. The lowest BCUT2D eigenvalue weighted by atomic mass is 10.0. The van der Waals surface area contributed by atoms with Gasteiger partial charge in [-0.2, -0.15) is 0 Å². The quantitative estimate of drug-likeness (QED) is 0.828. The average Bonchev–Trinajstić information content (AvgIpc) is 2.90. The fourth-order valence-corrected chi connectivity index (χ4v) is 3.95. The Hall–Kier alpha value is -1.94. The minimum absolute atomic E-state index is 0.0976. The zero-order valence-corrected chi connectivity index (χ0v) is 16.2. The summed E-state index contributed by atoms with van der Waals surface area (Å²) >= 11 is 0. The van der Waals surface area contributed by atoms with Gasteiger partial charge in [0.1, 0.15) is 0 Å². The summed E-state index contributed by atoms with van der Waals surface area (Å²) in [5.74, 6) is 0.0976. The molecule has 2 aromatic rings. The smallest absolute Gasteiger partial charge is 0.238 e. The van der Waals surface area contributed by atoms with Crippen LogP contribution in [0.1, 0.15) is 57.2 Å². The molecule has 1 aliphatic heterocycles. The number of hydrogen-bond donors (Lipinski definition) is 1.